The summed E-state index contributed by atoms with van der Waals surface area (Å²) in [5.41, 5.74) is 9.66. The summed E-state index contributed by atoms with van der Waals surface area (Å²) >= 11 is 0. The zero-order valence-corrected chi connectivity index (χ0v) is 15.9. The van der Waals surface area contributed by atoms with E-state index in [1.807, 2.05) is 24.3 Å². The van der Waals surface area contributed by atoms with E-state index in [0.29, 0.717) is 12.5 Å². The monoisotopic (exact) mass is 434 g/mol. The number of nitrogens with one attached hydrogen (secondary N) is 2. The molecule has 0 aliphatic carbocycles. The number of rotatable bonds is 6. The normalized spacial score (nSPS) is 11.2. The Morgan fingerprint density at radius 3 is 2.58 bits per heavy atom. The highest BCUT2D eigenvalue weighted by molar-refractivity contribution is 14.0. The lowest BCUT2D eigenvalue weighted by Gasteiger charge is -2.05. The van der Waals surface area contributed by atoms with Crippen molar-refractivity contribution in [3.63, 3.8) is 0 Å². The Kier molecular flexibility index (Phi) is 7.11. The van der Waals surface area contributed by atoms with E-state index in [2.05, 4.69) is 51.8 Å². The summed E-state index contributed by atoms with van der Waals surface area (Å²) in [7, 11) is 0. The van der Waals surface area contributed by atoms with Crippen molar-refractivity contribution in [2.24, 2.45) is 10.7 Å². The van der Waals surface area contributed by atoms with E-state index >= 15 is 0 Å². The first kappa shape index (κ1) is 18.3. The fourth-order valence-corrected chi connectivity index (χ4v) is 2.67. The molecule has 1 heterocycles. The van der Waals surface area contributed by atoms with Gasteiger partial charge < -0.3 is 16.0 Å². The Hall–Kier alpha value is -2.02. The minimum atomic E-state index is 0. The summed E-state index contributed by atoms with van der Waals surface area (Å²) in [6.45, 7) is 1.48. The lowest BCUT2D eigenvalue weighted by atomic mass is 10.1. The highest BCUT2D eigenvalue weighted by Crippen LogP contribution is 2.17. The molecule has 0 aliphatic heterocycles. The van der Waals surface area contributed by atoms with Gasteiger partial charge in [-0.15, -0.1) is 24.0 Å². The average molecular weight is 434 g/mol. The molecule has 0 spiro atoms. The zero-order chi connectivity index (χ0) is 15.9. The van der Waals surface area contributed by atoms with E-state index in [1.54, 1.807) is 0 Å². The molecule has 0 amide bonds. The van der Waals surface area contributed by atoms with Crippen LogP contribution in [0.2, 0.25) is 0 Å². The molecule has 2 aromatic carbocycles. The maximum Gasteiger partial charge on any atom is 0.188 e. The molecule has 4 nitrogen and oxygen atoms in total. The number of aromatic nitrogens is 1. The molecule has 24 heavy (non-hydrogen) atoms. The van der Waals surface area contributed by atoms with Gasteiger partial charge in [0.05, 0.1) is 0 Å². The van der Waals surface area contributed by atoms with Crippen LogP contribution >= 0.6 is 24.0 Å². The number of guanidine groups is 1. The summed E-state index contributed by atoms with van der Waals surface area (Å²) < 4.78 is 0. The van der Waals surface area contributed by atoms with Gasteiger partial charge in [0, 0.05) is 30.2 Å². The smallest absolute Gasteiger partial charge is 0.188 e. The van der Waals surface area contributed by atoms with Gasteiger partial charge in [0.1, 0.15) is 0 Å². The topological polar surface area (TPSA) is 66.2 Å². The van der Waals surface area contributed by atoms with Crippen molar-refractivity contribution in [3.05, 3.63) is 71.9 Å². The minimum Gasteiger partial charge on any atom is -0.370 e. The second-order valence-corrected chi connectivity index (χ2v) is 5.54. The number of fused-ring (bicyclic) bond motifs is 1. The number of hydrogen-bond donors (Lipinski definition) is 3. The summed E-state index contributed by atoms with van der Waals surface area (Å²) in [4.78, 5) is 7.69. The maximum atomic E-state index is 5.92. The molecule has 5 heteroatoms. The van der Waals surface area contributed by atoms with E-state index in [9.17, 15) is 0 Å². The van der Waals surface area contributed by atoms with Gasteiger partial charge >= 0.3 is 0 Å². The number of nitrogens with zero attached hydrogens (tertiary/aromatic N) is 1. The summed E-state index contributed by atoms with van der Waals surface area (Å²) in [6.07, 6.45) is 3.88. The van der Waals surface area contributed by atoms with Gasteiger partial charge in [0.15, 0.2) is 5.96 Å². The number of halogens is 1. The van der Waals surface area contributed by atoms with E-state index in [1.165, 1.54) is 22.0 Å². The van der Waals surface area contributed by atoms with Crippen molar-refractivity contribution in [2.75, 3.05) is 13.1 Å². The van der Waals surface area contributed by atoms with Gasteiger partial charge in [-0.2, -0.15) is 0 Å². The van der Waals surface area contributed by atoms with Crippen LogP contribution in [0, 0.1) is 0 Å². The van der Waals surface area contributed by atoms with Crippen LogP contribution in [0.25, 0.3) is 10.9 Å². The van der Waals surface area contributed by atoms with Crippen molar-refractivity contribution in [1.29, 1.82) is 0 Å². The van der Waals surface area contributed by atoms with Gasteiger partial charge in [0.2, 0.25) is 0 Å². The average Bonchev–Trinajstić information content (AvgIpc) is 2.99. The molecule has 0 atom stereocenters. The number of aliphatic imine (C=N–C) groups is 1. The van der Waals surface area contributed by atoms with Crippen LogP contribution in [0.4, 0.5) is 0 Å². The second kappa shape index (κ2) is 9.32. The van der Waals surface area contributed by atoms with Crippen LogP contribution in [-0.2, 0) is 12.8 Å². The predicted molar refractivity (Wildman–Crippen MR) is 112 cm³/mol. The number of hydrogen-bond acceptors (Lipinski definition) is 1. The van der Waals surface area contributed by atoms with Crippen LogP contribution in [0.5, 0.6) is 0 Å². The molecule has 3 rings (SSSR count). The molecule has 0 aliphatic rings. The van der Waals surface area contributed by atoms with Crippen molar-refractivity contribution < 1.29 is 0 Å². The lowest BCUT2D eigenvalue weighted by Crippen LogP contribution is -2.33. The van der Waals surface area contributed by atoms with E-state index < -0.39 is 0 Å². The van der Waals surface area contributed by atoms with Crippen molar-refractivity contribution >= 4 is 40.8 Å². The third-order valence-corrected chi connectivity index (χ3v) is 3.90. The highest BCUT2D eigenvalue weighted by Gasteiger charge is 2.02. The molecule has 3 aromatic rings. The third kappa shape index (κ3) is 4.99. The number of nitrogens with two attached hydrogens (primary N) is 1. The molecule has 0 fully saturated rings. The minimum absolute atomic E-state index is 0. The fourth-order valence-electron chi connectivity index (χ4n) is 2.67. The first-order chi connectivity index (χ1) is 11.3. The Morgan fingerprint density at radius 1 is 1.00 bits per heavy atom. The number of H-pyrrole nitrogens is 1. The summed E-state index contributed by atoms with van der Waals surface area (Å²) in [5.74, 6) is 0.515. The Balaban J connectivity index is 0.00000208. The van der Waals surface area contributed by atoms with E-state index in [-0.39, 0.29) is 24.0 Å². The molecular weight excluding hydrogens is 411 g/mol. The Bertz CT molecular complexity index is 780. The van der Waals surface area contributed by atoms with Gasteiger partial charge in [-0.3, -0.25) is 4.99 Å². The van der Waals surface area contributed by atoms with E-state index in [0.717, 1.165) is 19.4 Å². The summed E-state index contributed by atoms with van der Waals surface area (Å²) in [5, 5.41) is 4.43. The van der Waals surface area contributed by atoms with Crippen molar-refractivity contribution in [2.45, 2.75) is 12.8 Å². The van der Waals surface area contributed by atoms with Gasteiger partial charge in [-0.05, 0) is 30.0 Å². The van der Waals surface area contributed by atoms with Crippen molar-refractivity contribution in [1.82, 2.24) is 10.3 Å². The molecule has 0 saturated carbocycles. The molecule has 0 unspecified atom stereocenters. The molecule has 126 valence electrons. The maximum absolute atomic E-state index is 5.92. The number of benzene rings is 2. The first-order valence-electron chi connectivity index (χ1n) is 7.95. The number of aromatic amines is 1. The van der Waals surface area contributed by atoms with Gasteiger partial charge in [0.25, 0.3) is 0 Å². The fraction of sp³-hybridized carbons (Fsp3) is 0.211. The molecule has 0 bridgehead atoms. The SMILES string of the molecule is I.NC(=NCCc1c[nH]c2ccccc12)NCCc1ccccc1. The van der Waals surface area contributed by atoms with E-state index in [4.69, 9.17) is 5.73 Å². The highest BCUT2D eigenvalue weighted by atomic mass is 127. The molecule has 0 radical (unpaired) electrons. The molecular formula is C19H23IN4. The number of para-hydroxylation sites is 1. The van der Waals surface area contributed by atoms with Crippen LogP contribution in [0.15, 0.2) is 65.8 Å². The standard InChI is InChI=1S/C19H22N4.HI/c20-19(21-12-10-15-6-2-1-3-7-15)22-13-11-16-14-23-18-9-5-4-8-17(16)18;/h1-9,14,23H,10-13H2,(H3,20,21,22);1H. The first-order valence-corrected chi connectivity index (χ1v) is 7.95. The summed E-state index contributed by atoms with van der Waals surface area (Å²) in [6, 6.07) is 18.7. The quantitative estimate of drug-likeness (QED) is 0.316. The third-order valence-electron chi connectivity index (χ3n) is 3.90. The molecule has 4 N–H and O–H groups in total. The van der Waals surface area contributed by atoms with Crippen LogP contribution < -0.4 is 11.1 Å². The molecule has 1 aromatic heterocycles. The van der Waals surface area contributed by atoms with Gasteiger partial charge in [-0.25, -0.2) is 0 Å². The molecule has 0 saturated heterocycles. The van der Waals surface area contributed by atoms with Crippen LogP contribution in [0.3, 0.4) is 0 Å². The largest absolute Gasteiger partial charge is 0.370 e. The lowest BCUT2D eigenvalue weighted by molar-refractivity contribution is 0.844. The van der Waals surface area contributed by atoms with Crippen molar-refractivity contribution in [3.8, 4) is 0 Å². The second-order valence-electron chi connectivity index (χ2n) is 5.54. The Labute approximate surface area is 159 Å². The van der Waals surface area contributed by atoms with Crippen LogP contribution in [0.1, 0.15) is 11.1 Å². The van der Waals surface area contributed by atoms with Crippen LogP contribution in [-0.4, -0.2) is 24.0 Å². The predicted octanol–water partition coefficient (Wildman–Crippen LogP) is 3.48. The van der Waals surface area contributed by atoms with Gasteiger partial charge in [-0.1, -0.05) is 48.5 Å². The zero-order valence-electron chi connectivity index (χ0n) is 13.5. The Morgan fingerprint density at radius 2 is 1.75 bits per heavy atom.